The van der Waals surface area contributed by atoms with Crippen molar-refractivity contribution in [2.75, 3.05) is 37.7 Å². The summed E-state index contributed by atoms with van der Waals surface area (Å²) in [5.74, 6) is 0.752. The average molecular weight is 505 g/mol. The first-order valence-electron chi connectivity index (χ1n) is 12.6. The number of hydrogen-bond acceptors (Lipinski definition) is 9. The molecule has 4 fully saturated rings. The van der Waals surface area contributed by atoms with Crippen molar-refractivity contribution in [3.8, 4) is 6.01 Å². The van der Waals surface area contributed by atoms with Crippen molar-refractivity contribution >= 4 is 33.6 Å². The van der Waals surface area contributed by atoms with Gasteiger partial charge in [0.05, 0.1) is 23.1 Å². The minimum absolute atomic E-state index is 0.0718. The van der Waals surface area contributed by atoms with Gasteiger partial charge in [0.2, 0.25) is 0 Å². The van der Waals surface area contributed by atoms with Gasteiger partial charge < -0.3 is 14.4 Å². The first-order chi connectivity index (χ1) is 16.7. The number of piperazine rings is 1. The molecule has 2 aromatic rings. The molecule has 0 N–H and O–H groups in total. The summed E-state index contributed by atoms with van der Waals surface area (Å²) in [4.78, 5) is 34.0. The van der Waals surface area contributed by atoms with E-state index in [0.29, 0.717) is 38.7 Å². The van der Waals surface area contributed by atoms with Crippen molar-refractivity contribution in [1.29, 1.82) is 0 Å². The molecule has 0 aromatic carbocycles. The van der Waals surface area contributed by atoms with Crippen molar-refractivity contribution in [1.82, 2.24) is 24.8 Å². The van der Waals surface area contributed by atoms with Crippen LogP contribution in [0.3, 0.4) is 0 Å². The van der Waals surface area contributed by atoms with Crippen molar-refractivity contribution in [2.24, 2.45) is 0 Å². The molecule has 4 aliphatic heterocycles. The lowest BCUT2D eigenvalue weighted by Gasteiger charge is -2.41. The second kappa shape index (κ2) is 8.40. The van der Waals surface area contributed by atoms with Crippen LogP contribution in [0.4, 0.5) is 15.0 Å². The molecule has 2 aromatic heterocycles. The number of anilines is 1. The zero-order chi connectivity index (χ0) is 24.4. The second-order valence-corrected chi connectivity index (χ2v) is 12.2. The van der Waals surface area contributed by atoms with Gasteiger partial charge in [-0.3, -0.25) is 9.80 Å². The Morgan fingerprint density at radius 2 is 2.00 bits per heavy atom. The fraction of sp³-hybridized carbons (Fsp3) is 0.750. The zero-order valence-corrected chi connectivity index (χ0v) is 21.4. The molecule has 11 heteroatoms. The molecule has 35 heavy (non-hydrogen) atoms. The highest BCUT2D eigenvalue weighted by Crippen LogP contribution is 2.41. The Morgan fingerprint density at radius 3 is 2.74 bits per heavy atom. The first kappa shape index (κ1) is 23.1. The van der Waals surface area contributed by atoms with Crippen LogP contribution in [-0.2, 0) is 4.74 Å². The molecule has 6 heterocycles. The zero-order valence-electron chi connectivity index (χ0n) is 20.6. The predicted octanol–water partition coefficient (Wildman–Crippen LogP) is 3.63. The normalized spacial score (nSPS) is 30.8. The summed E-state index contributed by atoms with van der Waals surface area (Å²) in [6.07, 6.45) is 3.38. The molecule has 0 aliphatic carbocycles. The molecule has 2 unspecified atom stereocenters. The molecule has 0 saturated carbocycles. The topological polar surface area (TPSA) is 83.9 Å². The van der Waals surface area contributed by atoms with Gasteiger partial charge >= 0.3 is 12.1 Å². The van der Waals surface area contributed by atoms with Crippen LogP contribution < -0.4 is 9.64 Å². The van der Waals surface area contributed by atoms with Crippen LogP contribution >= 0.6 is 11.3 Å². The Hall–Kier alpha value is -2.27. The summed E-state index contributed by atoms with van der Waals surface area (Å²) >= 11 is 1.46. The molecule has 4 atom stereocenters. The molecule has 0 spiro atoms. The molecule has 4 saturated heterocycles. The van der Waals surface area contributed by atoms with Gasteiger partial charge in [-0.05, 0) is 53.0 Å². The summed E-state index contributed by atoms with van der Waals surface area (Å²) < 4.78 is 26.0. The third-order valence-corrected chi connectivity index (χ3v) is 8.49. The van der Waals surface area contributed by atoms with Gasteiger partial charge in [0.15, 0.2) is 10.6 Å². The van der Waals surface area contributed by atoms with E-state index in [1.165, 1.54) is 11.3 Å². The van der Waals surface area contributed by atoms with E-state index in [4.69, 9.17) is 14.5 Å². The molecule has 4 aliphatic rings. The predicted molar refractivity (Wildman–Crippen MR) is 131 cm³/mol. The summed E-state index contributed by atoms with van der Waals surface area (Å²) in [6.45, 7) is 8.84. The number of halogens is 1. The van der Waals surface area contributed by atoms with Crippen molar-refractivity contribution in [2.45, 2.75) is 82.3 Å². The molecular weight excluding hydrogens is 471 g/mol. The van der Waals surface area contributed by atoms with Crippen LogP contribution in [0.5, 0.6) is 6.01 Å². The fourth-order valence-electron chi connectivity index (χ4n) is 6.35. The van der Waals surface area contributed by atoms with E-state index in [2.05, 4.69) is 19.8 Å². The van der Waals surface area contributed by atoms with E-state index in [0.717, 1.165) is 48.4 Å². The lowest BCUT2D eigenvalue weighted by molar-refractivity contribution is 0.0122. The lowest BCUT2D eigenvalue weighted by Crippen LogP contribution is -2.57. The molecule has 0 radical (unpaired) electrons. The van der Waals surface area contributed by atoms with Crippen LogP contribution in [0, 0.1) is 0 Å². The number of amides is 1. The Balaban J connectivity index is 1.22. The molecule has 190 valence electrons. The van der Waals surface area contributed by atoms with Gasteiger partial charge in [0.1, 0.15) is 23.9 Å². The lowest BCUT2D eigenvalue weighted by atomic mass is 9.95. The van der Waals surface area contributed by atoms with Gasteiger partial charge in [-0.15, -0.1) is 11.3 Å². The monoisotopic (exact) mass is 504 g/mol. The fourth-order valence-corrected chi connectivity index (χ4v) is 6.99. The van der Waals surface area contributed by atoms with E-state index in [9.17, 15) is 9.18 Å². The number of rotatable bonds is 4. The van der Waals surface area contributed by atoms with Crippen LogP contribution in [-0.4, -0.2) is 93.0 Å². The maximum atomic E-state index is 14.2. The van der Waals surface area contributed by atoms with Crippen molar-refractivity contribution < 1.29 is 18.7 Å². The van der Waals surface area contributed by atoms with E-state index in [1.54, 1.807) is 5.51 Å². The number of fused-ring (bicyclic) bond motifs is 4. The van der Waals surface area contributed by atoms with Crippen molar-refractivity contribution in [3.05, 3.63) is 5.51 Å². The summed E-state index contributed by atoms with van der Waals surface area (Å²) in [7, 11) is 0. The third-order valence-electron chi connectivity index (χ3n) is 7.78. The number of hydrogen-bond donors (Lipinski definition) is 0. The van der Waals surface area contributed by atoms with Crippen LogP contribution in [0.1, 0.15) is 52.9 Å². The largest absolute Gasteiger partial charge is 0.461 e. The highest BCUT2D eigenvalue weighted by molar-refractivity contribution is 7.16. The number of carbonyl (C=O) groups is 1. The summed E-state index contributed by atoms with van der Waals surface area (Å²) in [5, 5.41) is 0. The maximum Gasteiger partial charge on any atom is 0.410 e. The van der Waals surface area contributed by atoms with E-state index >= 15 is 0 Å². The van der Waals surface area contributed by atoms with Crippen LogP contribution in [0.25, 0.3) is 10.3 Å². The van der Waals surface area contributed by atoms with Gasteiger partial charge in [0, 0.05) is 26.1 Å². The molecule has 6 rings (SSSR count). The van der Waals surface area contributed by atoms with Crippen LogP contribution in [0.15, 0.2) is 5.51 Å². The minimum atomic E-state index is -0.795. The quantitative estimate of drug-likeness (QED) is 0.624. The van der Waals surface area contributed by atoms with Gasteiger partial charge in [-0.1, -0.05) is 0 Å². The SMILES string of the molecule is CC(C)(C)OC(=O)N1C2CCC1CN(c1nc(OC[C@@]34CCCN3C[C@@H](F)C4)nc3scnc13)C2. The number of ether oxygens (including phenoxy) is 2. The van der Waals surface area contributed by atoms with Crippen molar-refractivity contribution in [3.63, 3.8) is 0 Å². The Labute approximate surface area is 208 Å². The Kier molecular flexibility index (Phi) is 5.55. The van der Waals surface area contributed by atoms with Gasteiger partial charge in [-0.2, -0.15) is 9.97 Å². The molecule has 1 amide bonds. The number of alkyl halides is 1. The molecule has 9 nitrogen and oxygen atoms in total. The average Bonchev–Trinajstić information content (AvgIpc) is 3.52. The van der Waals surface area contributed by atoms with Gasteiger partial charge in [-0.25, -0.2) is 14.2 Å². The van der Waals surface area contributed by atoms with Gasteiger partial charge in [0.25, 0.3) is 0 Å². The van der Waals surface area contributed by atoms with Crippen LogP contribution in [0.2, 0.25) is 0 Å². The standard InChI is InChI=1S/C24H33FN6O3S/c1-23(2,3)34-22(32)31-16-5-6-17(31)12-29(11-16)19-18-20(35-14-26-18)28-21(27-19)33-13-24-7-4-8-30(24)10-15(25)9-24/h14-17H,4-13H2,1-3H3/t15-,16?,17?,24-/m0/s1. The molecular formula is C24H33FN6O3S. The highest BCUT2D eigenvalue weighted by Gasteiger charge is 2.49. The van der Waals surface area contributed by atoms with E-state index < -0.39 is 11.8 Å². The number of thiazole rings is 1. The smallest absolute Gasteiger partial charge is 0.410 e. The van der Waals surface area contributed by atoms with E-state index in [1.807, 2.05) is 25.7 Å². The number of carbonyl (C=O) groups excluding carboxylic acids is 1. The van der Waals surface area contributed by atoms with E-state index in [-0.39, 0.29) is 23.7 Å². The minimum Gasteiger partial charge on any atom is -0.461 e. The Morgan fingerprint density at radius 1 is 1.23 bits per heavy atom. The number of aromatic nitrogens is 3. The third kappa shape index (κ3) is 4.20. The molecule has 2 bridgehead atoms. The summed E-state index contributed by atoms with van der Waals surface area (Å²) in [6, 6.07) is 0.465. The highest BCUT2D eigenvalue weighted by atomic mass is 32.1. The Bertz CT molecular complexity index is 1110. The maximum absolute atomic E-state index is 14.2. The second-order valence-electron chi connectivity index (χ2n) is 11.4. The first-order valence-corrected chi connectivity index (χ1v) is 13.5. The summed E-state index contributed by atoms with van der Waals surface area (Å²) in [5.41, 5.74) is 1.77. The number of nitrogens with zero attached hydrogens (tertiary/aromatic N) is 6.